The number of hydrogen-bond donors (Lipinski definition) is 1. The first-order valence-corrected chi connectivity index (χ1v) is 6.40. The van der Waals surface area contributed by atoms with Crippen LogP contribution in [0.4, 0.5) is 5.82 Å². The lowest BCUT2D eigenvalue weighted by molar-refractivity contribution is 0.315. The Morgan fingerprint density at radius 2 is 1.90 bits per heavy atom. The predicted molar refractivity (Wildman–Crippen MR) is 75.4 cm³/mol. The van der Waals surface area contributed by atoms with E-state index in [4.69, 9.17) is 15.0 Å². The van der Waals surface area contributed by atoms with Gasteiger partial charge in [0.1, 0.15) is 5.75 Å². The fourth-order valence-electron chi connectivity index (χ4n) is 1.74. The molecule has 0 aliphatic carbocycles. The summed E-state index contributed by atoms with van der Waals surface area (Å²) < 4.78 is 10.7. The van der Waals surface area contributed by atoms with Crippen molar-refractivity contribution in [3.63, 3.8) is 0 Å². The molecule has 2 N–H and O–H groups in total. The van der Waals surface area contributed by atoms with Gasteiger partial charge in [0.2, 0.25) is 0 Å². The Kier molecular flexibility index (Phi) is 3.72. The van der Waals surface area contributed by atoms with Gasteiger partial charge in [0.05, 0.1) is 6.61 Å². The normalized spacial score (nSPS) is 10.5. The molecule has 0 radical (unpaired) electrons. The summed E-state index contributed by atoms with van der Waals surface area (Å²) in [6.07, 6.45) is 3.55. The average molecular weight is 283 g/mol. The molecule has 1 aromatic carbocycles. The average Bonchev–Trinajstić information content (AvgIpc) is 2.97. The van der Waals surface area contributed by atoms with Crippen LogP contribution in [0.3, 0.4) is 0 Å². The van der Waals surface area contributed by atoms with E-state index in [1.165, 1.54) is 12.4 Å². The van der Waals surface area contributed by atoms with Crippen molar-refractivity contribution in [3.8, 4) is 17.3 Å². The minimum atomic E-state index is 0.258. The highest BCUT2D eigenvalue weighted by Gasteiger charge is 2.13. The molecule has 3 rings (SSSR count). The van der Waals surface area contributed by atoms with Crippen molar-refractivity contribution >= 4 is 5.82 Å². The Hall–Kier alpha value is -2.96. The van der Waals surface area contributed by atoms with E-state index in [1.807, 2.05) is 30.3 Å². The largest absolute Gasteiger partial charge is 0.493 e. The van der Waals surface area contributed by atoms with Gasteiger partial charge in [0, 0.05) is 18.8 Å². The van der Waals surface area contributed by atoms with Gasteiger partial charge in [0.25, 0.3) is 5.89 Å². The lowest BCUT2D eigenvalue weighted by Crippen LogP contribution is -2.02. The van der Waals surface area contributed by atoms with Crippen LogP contribution in [0.15, 0.2) is 47.2 Å². The first-order chi connectivity index (χ1) is 10.3. The number of nitrogens with zero attached hydrogens (tertiary/aromatic N) is 4. The van der Waals surface area contributed by atoms with Gasteiger partial charge in [0.15, 0.2) is 17.3 Å². The van der Waals surface area contributed by atoms with Gasteiger partial charge in [-0.05, 0) is 12.1 Å². The maximum atomic E-state index is 5.71. The number of anilines is 1. The molecule has 2 aromatic heterocycles. The summed E-state index contributed by atoms with van der Waals surface area (Å²) in [5, 5.41) is 3.88. The monoisotopic (exact) mass is 283 g/mol. The lowest BCUT2D eigenvalue weighted by atomic mass is 10.3. The number of aromatic nitrogens is 4. The molecule has 0 aliphatic rings. The zero-order chi connectivity index (χ0) is 14.5. The first-order valence-electron chi connectivity index (χ1n) is 6.40. The van der Waals surface area contributed by atoms with Crippen molar-refractivity contribution < 1.29 is 9.26 Å². The van der Waals surface area contributed by atoms with Crippen LogP contribution in [0.1, 0.15) is 5.82 Å². The van der Waals surface area contributed by atoms with Gasteiger partial charge in [-0.15, -0.1) is 0 Å². The second-order valence-corrected chi connectivity index (χ2v) is 4.22. The van der Waals surface area contributed by atoms with Crippen molar-refractivity contribution in [3.05, 3.63) is 48.5 Å². The van der Waals surface area contributed by atoms with Gasteiger partial charge in [-0.2, -0.15) is 4.98 Å². The van der Waals surface area contributed by atoms with Crippen LogP contribution in [0.2, 0.25) is 0 Å². The number of nitrogens with two attached hydrogens (primary N) is 1. The molecular formula is C14H13N5O2. The van der Waals surface area contributed by atoms with Crippen LogP contribution in [0.5, 0.6) is 5.75 Å². The Morgan fingerprint density at radius 3 is 2.71 bits per heavy atom. The summed E-state index contributed by atoms with van der Waals surface area (Å²) in [5.74, 6) is 1.86. The van der Waals surface area contributed by atoms with Gasteiger partial charge in [-0.3, -0.25) is 0 Å². The van der Waals surface area contributed by atoms with Gasteiger partial charge in [-0.1, -0.05) is 23.4 Å². The molecule has 0 unspecified atom stereocenters. The third-order valence-electron chi connectivity index (χ3n) is 2.73. The third-order valence-corrected chi connectivity index (χ3v) is 2.73. The van der Waals surface area contributed by atoms with Crippen LogP contribution in [-0.4, -0.2) is 26.7 Å². The zero-order valence-corrected chi connectivity index (χ0v) is 11.1. The number of ether oxygens (including phenoxy) is 1. The summed E-state index contributed by atoms with van der Waals surface area (Å²) in [6, 6.07) is 9.55. The molecule has 2 heterocycles. The van der Waals surface area contributed by atoms with Crippen LogP contribution in [0, 0.1) is 0 Å². The molecule has 7 heteroatoms. The minimum absolute atomic E-state index is 0.258. The molecule has 0 aliphatic heterocycles. The molecule has 0 fully saturated rings. The number of nitrogen functional groups attached to an aromatic ring is 1. The van der Waals surface area contributed by atoms with Crippen LogP contribution in [-0.2, 0) is 6.42 Å². The van der Waals surface area contributed by atoms with Crippen LogP contribution in [0.25, 0.3) is 11.6 Å². The summed E-state index contributed by atoms with van der Waals surface area (Å²) in [4.78, 5) is 12.2. The smallest absolute Gasteiger partial charge is 0.280 e. The molecule has 0 saturated carbocycles. The molecule has 0 spiro atoms. The minimum Gasteiger partial charge on any atom is -0.493 e. The van der Waals surface area contributed by atoms with E-state index in [1.54, 1.807) is 0 Å². The highest BCUT2D eigenvalue weighted by Crippen LogP contribution is 2.18. The summed E-state index contributed by atoms with van der Waals surface area (Å²) in [6.45, 7) is 0.457. The molecule has 21 heavy (non-hydrogen) atoms. The zero-order valence-electron chi connectivity index (χ0n) is 11.1. The Bertz CT molecular complexity index is 714. The fraction of sp³-hybridized carbons (Fsp3) is 0.143. The van der Waals surface area contributed by atoms with Crippen LogP contribution < -0.4 is 10.5 Å². The van der Waals surface area contributed by atoms with Crippen molar-refractivity contribution in [2.75, 3.05) is 12.3 Å². The topological polar surface area (TPSA) is 100.0 Å². The number of benzene rings is 1. The van der Waals surface area contributed by atoms with E-state index < -0.39 is 0 Å². The fourth-order valence-corrected chi connectivity index (χ4v) is 1.74. The van der Waals surface area contributed by atoms with Gasteiger partial charge >= 0.3 is 0 Å². The highest BCUT2D eigenvalue weighted by molar-refractivity contribution is 5.61. The van der Waals surface area contributed by atoms with Crippen molar-refractivity contribution in [1.82, 2.24) is 20.1 Å². The van der Waals surface area contributed by atoms with Crippen LogP contribution >= 0.6 is 0 Å². The number of para-hydroxylation sites is 1. The maximum absolute atomic E-state index is 5.71. The molecule has 0 bridgehead atoms. The standard InChI is InChI=1S/C14H13N5O2/c15-13-12(16-7-8-17-13)14-18-11(19-21-14)6-9-20-10-4-2-1-3-5-10/h1-5,7-8H,6,9H2,(H2,15,17). The SMILES string of the molecule is Nc1nccnc1-c1nc(CCOc2ccccc2)no1. The molecule has 0 amide bonds. The van der Waals surface area contributed by atoms with Crippen molar-refractivity contribution in [2.45, 2.75) is 6.42 Å². The Balaban J connectivity index is 1.62. The molecule has 3 aromatic rings. The number of hydrogen-bond acceptors (Lipinski definition) is 7. The second kappa shape index (κ2) is 6.00. The Labute approximate surface area is 120 Å². The van der Waals surface area contributed by atoms with E-state index in [-0.39, 0.29) is 11.7 Å². The molecular weight excluding hydrogens is 270 g/mol. The second-order valence-electron chi connectivity index (χ2n) is 4.22. The Morgan fingerprint density at radius 1 is 1.10 bits per heavy atom. The maximum Gasteiger partial charge on any atom is 0.280 e. The quantitative estimate of drug-likeness (QED) is 0.761. The van der Waals surface area contributed by atoms with Gasteiger partial charge < -0.3 is 15.0 Å². The predicted octanol–water partition coefficient (Wildman–Crippen LogP) is 1.73. The first kappa shape index (κ1) is 13.0. The summed E-state index contributed by atoms with van der Waals surface area (Å²) in [7, 11) is 0. The molecule has 0 saturated heterocycles. The molecule has 106 valence electrons. The van der Waals surface area contributed by atoms with E-state index >= 15 is 0 Å². The van der Waals surface area contributed by atoms with E-state index in [9.17, 15) is 0 Å². The molecule has 0 atom stereocenters. The molecule has 7 nitrogen and oxygen atoms in total. The third kappa shape index (κ3) is 3.14. The van der Waals surface area contributed by atoms with Crippen molar-refractivity contribution in [1.29, 1.82) is 0 Å². The van der Waals surface area contributed by atoms with Gasteiger partial charge in [-0.25, -0.2) is 9.97 Å². The van der Waals surface area contributed by atoms with E-state index in [0.717, 1.165) is 5.75 Å². The van der Waals surface area contributed by atoms with Crippen molar-refractivity contribution in [2.24, 2.45) is 0 Å². The lowest BCUT2D eigenvalue weighted by Gasteiger charge is -2.02. The van der Waals surface area contributed by atoms with E-state index in [0.29, 0.717) is 24.5 Å². The summed E-state index contributed by atoms with van der Waals surface area (Å²) >= 11 is 0. The number of rotatable bonds is 5. The highest BCUT2D eigenvalue weighted by atomic mass is 16.5. The van der Waals surface area contributed by atoms with E-state index in [2.05, 4.69) is 20.1 Å². The summed E-state index contributed by atoms with van der Waals surface area (Å²) in [5.41, 5.74) is 6.10.